The van der Waals surface area contributed by atoms with E-state index in [0.29, 0.717) is 12.4 Å². The quantitative estimate of drug-likeness (QED) is 0.819. The molecule has 1 atom stereocenters. The molecule has 20 heavy (non-hydrogen) atoms. The van der Waals surface area contributed by atoms with E-state index in [0.717, 1.165) is 5.56 Å². The minimum absolute atomic E-state index is 0.243. The molecule has 0 aromatic heterocycles. The molecule has 1 N–H and O–H groups in total. The maximum atomic E-state index is 12.5. The molecule has 0 aliphatic carbocycles. The van der Waals surface area contributed by atoms with Gasteiger partial charge in [-0.15, -0.1) is 0 Å². The van der Waals surface area contributed by atoms with Crippen LogP contribution in [0.25, 0.3) is 0 Å². The molecule has 0 spiro atoms. The van der Waals surface area contributed by atoms with Gasteiger partial charge in [-0.3, -0.25) is 9.69 Å². The fourth-order valence-corrected chi connectivity index (χ4v) is 2.20. The number of benzene rings is 1. The number of nitrogens with one attached hydrogen (secondary N) is 1. The van der Waals surface area contributed by atoms with Crippen molar-refractivity contribution in [3.8, 4) is 5.75 Å². The summed E-state index contributed by atoms with van der Waals surface area (Å²) in [4.78, 5) is 25.5. The van der Waals surface area contributed by atoms with Crippen molar-refractivity contribution in [1.29, 1.82) is 0 Å². The Kier molecular flexibility index (Phi) is 3.94. The van der Waals surface area contributed by atoms with E-state index in [2.05, 4.69) is 5.32 Å². The molecule has 0 saturated carbocycles. The van der Waals surface area contributed by atoms with E-state index < -0.39 is 11.6 Å². The van der Waals surface area contributed by atoms with Crippen LogP contribution in [0.2, 0.25) is 0 Å². The third-order valence-corrected chi connectivity index (χ3v) is 3.46. The van der Waals surface area contributed by atoms with Gasteiger partial charge in [0, 0.05) is 7.11 Å². The van der Waals surface area contributed by atoms with E-state index in [4.69, 9.17) is 9.47 Å². The molecule has 1 aromatic rings. The predicted molar refractivity (Wildman–Crippen MR) is 72.5 cm³/mol. The van der Waals surface area contributed by atoms with E-state index in [9.17, 15) is 9.59 Å². The van der Waals surface area contributed by atoms with Crippen molar-refractivity contribution >= 4 is 11.9 Å². The zero-order valence-corrected chi connectivity index (χ0v) is 11.8. The molecule has 1 saturated heterocycles. The molecule has 0 radical (unpaired) electrons. The summed E-state index contributed by atoms with van der Waals surface area (Å²) in [5, 5.41) is 2.73. The zero-order chi connectivity index (χ0) is 14.8. The van der Waals surface area contributed by atoms with Gasteiger partial charge in [0.15, 0.2) is 0 Å². The summed E-state index contributed by atoms with van der Waals surface area (Å²) in [6.07, 6.45) is 0. The maximum Gasteiger partial charge on any atom is 0.325 e. The van der Waals surface area contributed by atoms with Crippen LogP contribution in [-0.2, 0) is 15.1 Å². The van der Waals surface area contributed by atoms with Gasteiger partial charge >= 0.3 is 6.03 Å². The van der Waals surface area contributed by atoms with Crippen molar-refractivity contribution in [3.63, 3.8) is 0 Å². The lowest BCUT2D eigenvalue weighted by Crippen LogP contribution is -2.41. The van der Waals surface area contributed by atoms with E-state index in [1.807, 2.05) is 0 Å². The lowest BCUT2D eigenvalue weighted by molar-refractivity contribution is -0.131. The van der Waals surface area contributed by atoms with Crippen molar-refractivity contribution in [1.82, 2.24) is 10.2 Å². The summed E-state index contributed by atoms with van der Waals surface area (Å²) in [6, 6.07) is 6.67. The van der Waals surface area contributed by atoms with Crippen molar-refractivity contribution in [2.24, 2.45) is 0 Å². The average Bonchev–Trinajstić information content (AvgIpc) is 2.68. The first-order chi connectivity index (χ1) is 9.52. The summed E-state index contributed by atoms with van der Waals surface area (Å²) in [5.74, 6) is 0.426. The first-order valence-electron chi connectivity index (χ1n) is 6.30. The standard InChI is InChI=1S/C14H18N2O4/c1-14(10-4-6-11(20-3)7-5-10)12(17)16(8-9-19-2)13(18)15-14/h4-7H,8-9H2,1-3H3,(H,15,18)/t14-/m1/s1. The molecule has 2 rings (SSSR count). The number of rotatable bonds is 5. The number of ether oxygens (including phenoxy) is 2. The Morgan fingerprint density at radius 1 is 1.20 bits per heavy atom. The van der Waals surface area contributed by atoms with Crippen molar-refractivity contribution in [2.45, 2.75) is 12.5 Å². The lowest BCUT2D eigenvalue weighted by Gasteiger charge is -2.22. The number of hydrogen-bond acceptors (Lipinski definition) is 4. The normalized spacial score (nSPS) is 22.1. The number of nitrogens with zero attached hydrogens (tertiary/aromatic N) is 1. The van der Waals surface area contributed by atoms with Crippen LogP contribution in [0.4, 0.5) is 4.79 Å². The molecule has 1 aromatic carbocycles. The van der Waals surface area contributed by atoms with Gasteiger partial charge in [0.2, 0.25) is 0 Å². The Bertz CT molecular complexity index is 514. The highest BCUT2D eigenvalue weighted by Gasteiger charge is 2.48. The Balaban J connectivity index is 2.25. The number of hydrogen-bond donors (Lipinski definition) is 1. The first-order valence-corrected chi connectivity index (χ1v) is 6.30. The van der Waals surface area contributed by atoms with Crippen LogP contribution in [0.1, 0.15) is 12.5 Å². The van der Waals surface area contributed by atoms with E-state index in [-0.39, 0.29) is 12.5 Å². The maximum absolute atomic E-state index is 12.5. The van der Waals surface area contributed by atoms with Crippen LogP contribution >= 0.6 is 0 Å². The summed E-state index contributed by atoms with van der Waals surface area (Å²) >= 11 is 0. The van der Waals surface area contributed by atoms with Crippen LogP contribution in [-0.4, -0.2) is 44.2 Å². The second-order valence-electron chi connectivity index (χ2n) is 4.73. The molecule has 6 heteroatoms. The smallest absolute Gasteiger partial charge is 0.325 e. The molecule has 6 nitrogen and oxygen atoms in total. The second kappa shape index (κ2) is 5.50. The molecule has 0 unspecified atom stereocenters. The zero-order valence-electron chi connectivity index (χ0n) is 11.8. The Morgan fingerprint density at radius 3 is 2.40 bits per heavy atom. The number of carbonyl (C=O) groups excluding carboxylic acids is 2. The number of methoxy groups -OCH3 is 2. The number of urea groups is 1. The van der Waals surface area contributed by atoms with Crippen LogP contribution < -0.4 is 10.1 Å². The highest BCUT2D eigenvalue weighted by Crippen LogP contribution is 2.29. The molecular formula is C14H18N2O4. The van der Waals surface area contributed by atoms with Gasteiger partial charge in [0.05, 0.1) is 20.3 Å². The van der Waals surface area contributed by atoms with E-state index in [1.165, 1.54) is 12.0 Å². The SMILES string of the molecule is COCCN1C(=O)N[C@](C)(c2ccc(OC)cc2)C1=O. The number of carbonyl (C=O) groups is 2. The highest BCUT2D eigenvalue weighted by molar-refractivity contribution is 6.07. The van der Waals surface area contributed by atoms with Gasteiger partial charge in [0.1, 0.15) is 11.3 Å². The molecule has 3 amide bonds. The topological polar surface area (TPSA) is 67.9 Å². The molecule has 108 valence electrons. The average molecular weight is 278 g/mol. The van der Waals surface area contributed by atoms with Gasteiger partial charge in [-0.25, -0.2) is 4.79 Å². The Labute approximate surface area is 117 Å². The Morgan fingerprint density at radius 2 is 1.85 bits per heavy atom. The molecule has 1 heterocycles. The molecule has 0 bridgehead atoms. The second-order valence-corrected chi connectivity index (χ2v) is 4.73. The largest absolute Gasteiger partial charge is 0.497 e. The summed E-state index contributed by atoms with van der Waals surface area (Å²) < 4.78 is 10.0. The minimum atomic E-state index is -1.04. The van der Waals surface area contributed by atoms with Gasteiger partial charge in [-0.05, 0) is 24.6 Å². The first kappa shape index (κ1) is 14.3. The molecular weight excluding hydrogens is 260 g/mol. The number of amides is 3. The van der Waals surface area contributed by atoms with E-state index in [1.54, 1.807) is 38.3 Å². The third-order valence-electron chi connectivity index (χ3n) is 3.46. The number of imide groups is 1. The molecule has 1 aliphatic rings. The minimum Gasteiger partial charge on any atom is -0.497 e. The van der Waals surface area contributed by atoms with Crippen molar-refractivity contribution < 1.29 is 19.1 Å². The van der Waals surface area contributed by atoms with Gasteiger partial charge in [-0.2, -0.15) is 0 Å². The summed E-state index contributed by atoms with van der Waals surface area (Å²) in [6.45, 7) is 2.26. The van der Waals surface area contributed by atoms with Crippen LogP contribution in [0.3, 0.4) is 0 Å². The molecule has 1 fully saturated rings. The monoisotopic (exact) mass is 278 g/mol. The van der Waals surface area contributed by atoms with Crippen molar-refractivity contribution in [3.05, 3.63) is 29.8 Å². The van der Waals surface area contributed by atoms with Gasteiger partial charge < -0.3 is 14.8 Å². The lowest BCUT2D eigenvalue weighted by atomic mass is 9.92. The fourth-order valence-electron chi connectivity index (χ4n) is 2.20. The predicted octanol–water partition coefficient (Wildman–Crippen LogP) is 1.11. The third kappa shape index (κ3) is 2.34. The summed E-state index contributed by atoms with van der Waals surface area (Å²) in [5.41, 5.74) is -0.326. The van der Waals surface area contributed by atoms with E-state index >= 15 is 0 Å². The van der Waals surface area contributed by atoms with Gasteiger partial charge in [0.25, 0.3) is 5.91 Å². The summed E-state index contributed by atoms with van der Waals surface area (Å²) in [7, 11) is 3.10. The van der Waals surface area contributed by atoms with Crippen LogP contribution in [0, 0.1) is 0 Å². The van der Waals surface area contributed by atoms with Crippen molar-refractivity contribution in [2.75, 3.05) is 27.4 Å². The highest BCUT2D eigenvalue weighted by atomic mass is 16.5. The van der Waals surface area contributed by atoms with Crippen LogP contribution in [0.5, 0.6) is 5.75 Å². The fraction of sp³-hybridized carbons (Fsp3) is 0.429. The Hall–Kier alpha value is -2.08. The van der Waals surface area contributed by atoms with Gasteiger partial charge in [-0.1, -0.05) is 12.1 Å². The van der Waals surface area contributed by atoms with Crippen LogP contribution in [0.15, 0.2) is 24.3 Å². The molecule has 1 aliphatic heterocycles.